The molecule has 2 aromatic heterocycles. The minimum Gasteiger partial charge on any atom is -0.478 e. The van der Waals surface area contributed by atoms with Crippen molar-refractivity contribution in [2.45, 2.75) is 52.6 Å². The van der Waals surface area contributed by atoms with E-state index in [0.717, 1.165) is 16.7 Å². The summed E-state index contributed by atoms with van der Waals surface area (Å²) in [6, 6.07) is 4.59. The molecule has 2 aliphatic rings. The molecule has 0 radical (unpaired) electrons. The van der Waals surface area contributed by atoms with Gasteiger partial charge in [0.25, 0.3) is 28.1 Å². The van der Waals surface area contributed by atoms with Crippen molar-refractivity contribution in [3.8, 4) is 0 Å². The maximum Gasteiger partial charge on any atom is 0.339 e. The Bertz CT molecular complexity index is 2290. The molecule has 3 heterocycles. The van der Waals surface area contributed by atoms with E-state index in [2.05, 4.69) is 6.58 Å². The molecule has 0 saturated heterocycles. The number of carboxylic acids is 1. The van der Waals surface area contributed by atoms with Crippen LogP contribution in [0.25, 0.3) is 21.5 Å². The van der Waals surface area contributed by atoms with Gasteiger partial charge >= 0.3 is 17.9 Å². The van der Waals surface area contributed by atoms with Crippen molar-refractivity contribution in [2.75, 3.05) is 19.8 Å². The summed E-state index contributed by atoms with van der Waals surface area (Å²) in [4.78, 5) is 104. The molecule has 1 aliphatic carbocycles. The molecule has 2 aromatic carbocycles. The fourth-order valence-corrected chi connectivity index (χ4v) is 8.10. The number of carboxylic acid groups (broad SMARTS) is 1. The first-order valence-corrected chi connectivity index (χ1v) is 16.0. The summed E-state index contributed by atoms with van der Waals surface area (Å²) in [6.07, 6.45) is 2.43. The smallest absolute Gasteiger partial charge is 0.339 e. The van der Waals surface area contributed by atoms with Gasteiger partial charge in [-0.05, 0) is 59.9 Å². The van der Waals surface area contributed by atoms with Gasteiger partial charge in [-0.3, -0.25) is 33.1 Å². The number of aromatic carboxylic acids is 1. The first kappa shape index (κ1) is 34.2. The third kappa shape index (κ3) is 5.73. The van der Waals surface area contributed by atoms with Gasteiger partial charge in [-0.15, -0.1) is 0 Å². The Morgan fingerprint density at radius 1 is 0.860 bits per heavy atom. The van der Waals surface area contributed by atoms with Crippen LogP contribution < -0.4 is 22.2 Å². The standard InChI is InChI=1S/C36H35N3O11/c1-6-27(40)49-7-8-50-34(48)26-9-18-15-38(30(43)20(18)10-25(26)33(46)47)17-36(4)14-19(13-35(2,3)16-36)39-31(44)23-11-21-22(12-24(23)32(39)45)29(42)37(5)28(21)41/h6,9-12,19H,1,7-8,13-17H2,2-5H3,(H,46,47). The first-order valence-electron chi connectivity index (χ1n) is 16.0. The molecule has 1 N–H and O–H groups in total. The number of amides is 1. The van der Waals surface area contributed by atoms with Gasteiger partial charge in [-0.25, -0.2) is 14.4 Å². The Morgan fingerprint density at radius 3 is 2.02 bits per heavy atom. The predicted molar refractivity (Wildman–Crippen MR) is 180 cm³/mol. The molecule has 2 unspecified atom stereocenters. The quantitative estimate of drug-likeness (QED) is 0.155. The highest BCUT2D eigenvalue weighted by Crippen LogP contribution is 2.51. The average Bonchev–Trinajstić information content (AvgIpc) is 3.57. The maximum atomic E-state index is 13.8. The van der Waals surface area contributed by atoms with Gasteiger partial charge < -0.3 is 19.5 Å². The van der Waals surface area contributed by atoms with Gasteiger partial charge in [0.15, 0.2) is 0 Å². The number of esters is 2. The normalized spacial score (nSPS) is 19.9. The van der Waals surface area contributed by atoms with Gasteiger partial charge in [0.2, 0.25) is 0 Å². The van der Waals surface area contributed by atoms with Crippen LogP contribution in [0.3, 0.4) is 0 Å². The van der Waals surface area contributed by atoms with Crippen LogP contribution in [0.5, 0.6) is 0 Å². The second-order valence-corrected chi connectivity index (χ2v) is 14.3. The first-order chi connectivity index (χ1) is 23.4. The number of ether oxygens (including phenoxy) is 2. The number of nitrogens with zero attached hydrogens (tertiary/aromatic N) is 3. The SMILES string of the molecule is C=CC(=O)OCCOC(=O)c1cc2c(cc1C(=O)O)C(=O)N(CC1(C)CC(n3c(=O)c4cc5c(=O)n(C)c(=O)c5cc4c3=O)CC(C)(C)C1)C2. The van der Waals surface area contributed by atoms with E-state index in [-0.39, 0.29) is 64.4 Å². The summed E-state index contributed by atoms with van der Waals surface area (Å²) < 4.78 is 12.1. The van der Waals surface area contributed by atoms with Gasteiger partial charge in [0.05, 0.1) is 32.7 Å². The summed E-state index contributed by atoms with van der Waals surface area (Å²) >= 11 is 0. The highest BCUT2D eigenvalue weighted by molar-refractivity contribution is 6.07. The number of hydrogen-bond acceptors (Lipinski definition) is 10. The van der Waals surface area contributed by atoms with Crippen molar-refractivity contribution in [3.63, 3.8) is 0 Å². The van der Waals surface area contributed by atoms with Crippen molar-refractivity contribution in [1.29, 1.82) is 0 Å². The molecule has 2 atom stereocenters. The molecule has 1 aliphatic heterocycles. The minimum absolute atomic E-state index is 0.0711. The number of fused-ring (bicyclic) bond motifs is 3. The number of hydrogen-bond donors (Lipinski definition) is 1. The van der Waals surface area contributed by atoms with E-state index in [1.54, 1.807) is 4.90 Å². The van der Waals surface area contributed by atoms with Crippen molar-refractivity contribution in [2.24, 2.45) is 17.9 Å². The van der Waals surface area contributed by atoms with Gasteiger partial charge in [-0.2, -0.15) is 0 Å². The zero-order chi connectivity index (χ0) is 36.4. The molecular weight excluding hydrogens is 650 g/mol. The van der Waals surface area contributed by atoms with Crippen LogP contribution in [0.2, 0.25) is 0 Å². The summed E-state index contributed by atoms with van der Waals surface area (Å²) in [6.45, 7) is 9.00. The second-order valence-electron chi connectivity index (χ2n) is 14.3. The fraction of sp³-hybridized carbons (Fsp3) is 0.389. The lowest BCUT2D eigenvalue weighted by molar-refractivity contribution is -0.138. The molecule has 1 saturated carbocycles. The molecule has 14 heteroatoms. The van der Waals surface area contributed by atoms with Gasteiger partial charge in [-0.1, -0.05) is 27.4 Å². The second kappa shape index (κ2) is 12.0. The van der Waals surface area contributed by atoms with E-state index < -0.39 is 63.1 Å². The summed E-state index contributed by atoms with van der Waals surface area (Å²) in [5.74, 6) is -3.52. The Hall–Kier alpha value is -5.66. The van der Waals surface area contributed by atoms with E-state index in [1.165, 1.54) is 29.8 Å². The lowest BCUT2D eigenvalue weighted by atomic mass is 9.62. The van der Waals surface area contributed by atoms with Gasteiger partial charge in [0.1, 0.15) is 13.2 Å². The Labute approximate surface area is 283 Å². The zero-order valence-corrected chi connectivity index (χ0v) is 28.0. The molecular formula is C36H35N3O11. The van der Waals surface area contributed by atoms with Crippen LogP contribution in [0.15, 0.2) is 56.1 Å². The predicted octanol–water partition coefficient (Wildman–Crippen LogP) is 2.45. The van der Waals surface area contributed by atoms with E-state index in [9.17, 15) is 43.5 Å². The summed E-state index contributed by atoms with van der Waals surface area (Å²) in [5.41, 5.74) is -3.24. The number of benzene rings is 2. The number of carbonyl (C=O) groups excluding carboxylic acids is 3. The van der Waals surface area contributed by atoms with Crippen molar-refractivity contribution in [1.82, 2.24) is 14.0 Å². The van der Waals surface area contributed by atoms with Crippen LogP contribution in [-0.2, 0) is 27.9 Å². The Balaban J connectivity index is 1.27. The third-order valence-electron chi connectivity index (χ3n) is 9.79. The zero-order valence-electron chi connectivity index (χ0n) is 28.0. The third-order valence-corrected chi connectivity index (χ3v) is 9.79. The van der Waals surface area contributed by atoms with Crippen molar-refractivity contribution >= 4 is 45.4 Å². The van der Waals surface area contributed by atoms with Crippen LogP contribution in [0.1, 0.15) is 82.7 Å². The number of aromatic nitrogens is 2. The highest BCUT2D eigenvalue weighted by atomic mass is 16.6. The monoisotopic (exact) mass is 685 g/mol. The molecule has 0 bridgehead atoms. The molecule has 50 heavy (non-hydrogen) atoms. The van der Waals surface area contributed by atoms with Gasteiger partial charge in [0, 0.05) is 37.8 Å². The topological polar surface area (TPSA) is 188 Å². The lowest BCUT2D eigenvalue weighted by Crippen LogP contribution is -2.46. The number of carbonyl (C=O) groups is 4. The molecule has 6 rings (SSSR count). The van der Waals surface area contributed by atoms with E-state index in [4.69, 9.17) is 9.47 Å². The van der Waals surface area contributed by atoms with Crippen LogP contribution in [0, 0.1) is 10.8 Å². The molecule has 260 valence electrons. The number of rotatable bonds is 9. The largest absolute Gasteiger partial charge is 0.478 e. The molecule has 0 spiro atoms. The van der Waals surface area contributed by atoms with Crippen LogP contribution in [0.4, 0.5) is 0 Å². The van der Waals surface area contributed by atoms with E-state index >= 15 is 0 Å². The summed E-state index contributed by atoms with van der Waals surface area (Å²) in [5, 5.41) is 10.2. The van der Waals surface area contributed by atoms with E-state index in [1.807, 2.05) is 20.8 Å². The van der Waals surface area contributed by atoms with Crippen LogP contribution >= 0.6 is 0 Å². The molecule has 4 aromatic rings. The van der Waals surface area contributed by atoms with Crippen molar-refractivity contribution in [3.05, 3.63) is 101 Å². The Morgan fingerprint density at radius 2 is 1.44 bits per heavy atom. The lowest BCUT2D eigenvalue weighted by Gasteiger charge is -2.48. The molecule has 14 nitrogen and oxygen atoms in total. The van der Waals surface area contributed by atoms with E-state index in [0.29, 0.717) is 24.8 Å². The molecule has 1 fully saturated rings. The summed E-state index contributed by atoms with van der Waals surface area (Å²) in [7, 11) is 1.34. The Kier molecular flexibility index (Phi) is 8.24. The average molecular weight is 686 g/mol. The van der Waals surface area contributed by atoms with Crippen LogP contribution in [-0.4, -0.2) is 62.7 Å². The highest BCUT2D eigenvalue weighted by Gasteiger charge is 2.45. The molecule has 1 amide bonds. The van der Waals surface area contributed by atoms with Crippen molar-refractivity contribution < 1.29 is 33.8 Å². The fourth-order valence-electron chi connectivity index (χ4n) is 8.10. The minimum atomic E-state index is -1.43. The maximum absolute atomic E-state index is 13.8.